The molecule has 1 atom stereocenters. The van der Waals surface area contributed by atoms with E-state index in [2.05, 4.69) is 5.32 Å². The van der Waals surface area contributed by atoms with Crippen LogP contribution in [0.2, 0.25) is 0 Å². The molecule has 0 bridgehead atoms. The van der Waals surface area contributed by atoms with E-state index >= 15 is 0 Å². The Balaban J connectivity index is 1.93. The van der Waals surface area contributed by atoms with Gasteiger partial charge in [-0.3, -0.25) is 9.10 Å². The van der Waals surface area contributed by atoms with Gasteiger partial charge in [0.2, 0.25) is 15.9 Å². The molecule has 7 nitrogen and oxygen atoms in total. The first-order valence-electron chi connectivity index (χ1n) is 9.51. The summed E-state index contributed by atoms with van der Waals surface area (Å²) in [4.78, 5) is 12.5. The molecule has 0 spiro atoms. The molecule has 1 amide bonds. The van der Waals surface area contributed by atoms with Crippen LogP contribution in [0.15, 0.2) is 53.4 Å². The summed E-state index contributed by atoms with van der Waals surface area (Å²) in [5.74, 6) is -0.202. The lowest BCUT2D eigenvalue weighted by Gasteiger charge is -2.22. The quantitative estimate of drug-likeness (QED) is 0.631. The molecule has 30 heavy (non-hydrogen) atoms. The molecule has 0 aliphatic heterocycles. The monoisotopic (exact) mass is 452 g/mol. The van der Waals surface area contributed by atoms with Gasteiger partial charge in [0.25, 0.3) is 0 Å². The molecule has 0 fully saturated rings. The van der Waals surface area contributed by atoms with Gasteiger partial charge in [-0.2, -0.15) is 0 Å². The van der Waals surface area contributed by atoms with Gasteiger partial charge in [-0.25, -0.2) is 16.8 Å². The average molecular weight is 453 g/mol. The van der Waals surface area contributed by atoms with Crippen LogP contribution >= 0.6 is 0 Å². The van der Waals surface area contributed by atoms with Crippen molar-refractivity contribution < 1.29 is 21.6 Å². The van der Waals surface area contributed by atoms with Gasteiger partial charge in [0.15, 0.2) is 9.84 Å². The standard InChI is InChI=1S/C21H28N2O5S2/c1-16-7-11-19(12-8-16)23(30(4,27)28)15-5-6-21(24)22-17(2)18-9-13-20(14-10-18)29(3,25)26/h7-14,17H,5-6,15H2,1-4H3,(H,22,24)/t17-/m1/s1. The van der Waals surface area contributed by atoms with E-state index in [0.29, 0.717) is 12.1 Å². The molecule has 2 rings (SSSR count). The molecule has 0 aliphatic carbocycles. The van der Waals surface area contributed by atoms with Crippen LogP contribution in [0, 0.1) is 6.92 Å². The third-order valence-electron chi connectivity index (χ3n) is 4.67. The maximum absolute atomic E-state index is 12.3. The number of nitrogens with zero attached hydrogens (tertiary/aromatic N) is 1. The zero-order valence-electron chi connectivity index (χ0n) is 17.6. The zero-order chi connectivity index (χ0) is 22.5. The third-order valence-corrected chi connectivity index (χ3v) is 7.00. The predicted molar refractivity (Wildman–Crippen MR) is 119 cm³/mol. The van der Waals surface area contributed by atoms with Crippen molar-refractivity contribution in [3.8, 4) is 0 Å². The number of anilines is 1. The summed E-state index contributed by atoms with van der Waals surface area (Å²) in [5.41, 5.74) is 2.39. The van der Waals surface area contributed by atoms with Gasteiger partial charge < -0.3 is 5.32 Å². The number of rotatable bonds is 9. The number of benzene rings is 2. The fourth-order valence-electron chi connectivity index (χ4n) is 2.98. The molecule has 0 saturated heterocycles. The highest BCUT2D eigenvalue weighted by molar-refractivity contribution is 7.92. The zero-order valence-corrected chi connectivity index (χ0v) is 19.3. The van der Waals surface area contributed by atoms with Crippen molar-refractivity contribution in [3.05, 3.63) is 59.7 Å². The molecular formula is C21H28N2O5S2. The smallest absolute Gasteiger partial charge is 0.232 e. The van der Waals surface area contributed by atoms with Crippen molar-refractivity contribution >= 4 is 31.5 Å². The highest BCUT2D eigenvalue weighted by atomic mass is 32.2. The molecule has 0 saturated carbocycles. The van der Waals surface area contributed by atoms with E-state index in [9.17, 15) is 21.6 Å². The highest BCUT2D eigenvalue weighted by Crippen LogP contribution is 2.19. The van der Waals surface area contributed by atoms with Gasteiger partial charge in [0.1, 0.15) is 0 Å². The Morgan fingerprint density at radius 1 is 0.967 bits per heavy atom. The normalized spacial score (nSPS) is 12.9. The lowest BCUT2D eigenvalue weighted by Crippen LogP contribution is -2.32. The van der Waals surface area contributed by atoms with Crippen molar-refractivity contribution in [3.63, 3.8) is 0 Å². The van der Waals surface area contributed by atoms with Crippen molar-refractivity contribution in [2.24, 2.45) is 0 Å². The second-order valence-corrected chi connectivity index (χ2v) is 11.3. The van der Waals surface area contributed by atoms with E-state index in [1.165, 1.54) is 16.4 Å². The molecule has 0 aromatic heterocycles. The van der Waals surface area contributed by atoms with E-state index in [1.54, 1.807) is 24.3 Å². The Morgan fingerprint density at radius 2 is 1.53 bits per heavy atom. The summed E-state index contributed by atoms with van der Waals surface area (Å²) in [6, 6.07) is 13.3. The highest BCUT2D eigenvalue weighted by Gasteiger charge is 2.18. The van der Waals surface area contributed by atoms with Crippen LogP contribution in [0.1, 0.15) is 36.9 Å². The number of nitrogens with one attached hydrogen (secondary N) is 1. The number of hydrogen-bond acceptors (Lipinski definition) is 5. The summed E-state index contributed by atoms with van der Waals surface area (Å²) in [7, 11) is -6.73. The van der Waals surface area contributed by atoms with Crippen molar-refractivity contribution in [1.29, 1.82) is 0 Å². The number of carbonyl (C=O) groups excluding carboxylic acids is 1. The second-order valence-electron chi connectivity index (χ2n) is 7.40. The Morgan fingerprint density at radius 3 is 2.03 bits per heavy atom. The molecule has 164 valence electrons. The van der Waals surface area contributed by atoms with Gasteiger partial charge in [-0.05, 0) is 50.1 Å². The lowest BCUT2D eigenvalue weighted by atomic mass is 10.1. The topological polar surface area (TPSA) is 101 Å². The van der Waals surface area contributed by atoms with Gasteiger partial charge in [-0.15, -0.1) is 0 Å². The third kappa shape index (κ3) is 6.84. The molecule has 0 unspecified atom stereocenters. The van der Waals surface area contributed by atoms with Crippen molar-refractivity contribution in [2.75, 3.05) is 23.4 Å². The minimum atomic E-state index is -3.46. The minimum absolute atomic E-state index is 0.170. The largest absolute Gasteiger partial charge is 0.350 e. The molecule has 1 N–H and O–H groups in total. The van der Waals surface area contributed by atoms with Gasteiger partial charge in [-0.1, -0.05) is 29.8 Å². The lowest BCUT2D eigenvalue weighted by molar-refractivity contribution is -0.121. The minimum Gasteiger partial charge on any atom is -0.350 e. The molecule has 0 heterocycles. The molecule has 2 aromatic rings. The van der Waals surface area contributed by atoms with Gasteiger partial charge in [0.05, 0.1) is 22.9 Å². The maximum Gasteiger partial charge on any atom is 0.232 e. The first-order chi connectivity index (χ1) is 13.9. The Labute approximate surface area is 179 Å². The molecule has 9 heteroatoms. The summed E-state index contributed by atoms with van der Waals surface area (Å²) >= 11 is 0. The Kier molecular flexibility index (Phi) is 7.65. The van der Waals surface area contributed by atoms with Crippen molar-refractivity contribution in [1.82, 2.24) is 5.32 Å². The second kappa shape index (κ2) is 9.61. The van der Waals surface area contributed by atoms with Crippen LogP contribution in [-0.2, 0) is 24.7 Å². The molecule has 0 aliphatic rings. The van der Waals surface area contributed by atoms with Crippen LogP contribution < -0.4 is 9.62 Å². The Bertz CT molecular complexity index is 1080. The summed E-state index contributed by atoms with van der Waals surface area (Å²) < 4.78 is 48.6. The van der Waals surface area contributed by atoms with Crippen molar-refractivity contribution in [2.45, 2.75) is 37.6 Å². The summed E-state index contributed by atoms with van der Waals surface area (Å²) in [5, 5.41) is 2.86. The van der Waals surface area contributed by atoms with Crippen LogP contribution in [0.3, 0.4) is 0 Å². The van der Waals surface area contributed by atoms with Crippen LogP contribution in [0.4, 0.5) is 5.69 Å². The fraction of sp³-hybridized carbons (Fsp3) is 0.381. The molecular weight excluding hydrogens is 424 g/mol. The summed E-state index contributed by atoms with van der Waals surface area (Å²) in [6.45, 7) is 3.93. The van der Waals surface area contributed by atoms with E-state index in [4.69, 9.17) is 0 Å². The first-order valence-corrected chi connectivity index (χ1v) is 13.3. The number of carbonyl (C=O) groups is 1. The average Bonchev–Trinajstić information content (AvgIpc) is 2.64. The van der Waals surface area contributed by atoms with E-state index in [0.717, 1.165) is 23.6 Å². The molecule has 0 radical (unpaired) electrons. The van der Waals surface area contributed by atoms with E-state index in [1.807, 2.05) is 26.0 Å². The summed E-state index contributed by atoms with van der Waals surface area (Å²) in [6.07, 6.45) is 2.83. The van der Waals surface area contributed by atoms with Crippen LogP contribution in [0.25, 0.3) is 0 Å². The number of amides is 1. The maximum atomic E-state index is 12.3. The van der Waals surface area contributed by atoms with Gasteiger partial charge >= 0.3 is 0 Å². The predicted octanol–water partition coefficient (Wildman–Crippen LogP) is 2.82. The Hall–Kier alpha value is -2.39. The van der Waals surface area contributed by atoms with Crippen LogP contribution in [0.5, 0.6) is 0 Å². The van der Waals surface area contributed by atoms with Crippen LogP contribution in [-0.4, -0.2) is 41.8 Å². The SMILES string of the molecule is Cc1ccc(N(CCCC(=O)N[C@H](C)c2ccc(S(C)(=O)=O)cc2)S(C)(=O)=O)cc1. The number of sulfone groups is 1. The number of hydrogen-bond donors (Lipinski definition) is 1. The fourth-order valence-corrected chi connectivity index (χ4v) is 4.58. The van der Waals surface area contributed by atoms with E-state index < -0.39 is 19.9 Å². The van der Waals surface area contributed by atoms with E-state index in [-0.39, 0.29) is 29.8 Å². The first kappa shape index (κ1) is 23.9. The number of aryl methyl sites for hydroxylation is 1. The number of sulfonamides is 1. The molecule has 2 aromatic carbocycles. The van der Waals surface area contributed by atoms with Gasteiger partial charge in [0, 0.05) is 19.2 Å².